The fourth-order valence-corrected chi connectivity index (χ4v) is 2.76. The first-order valence-corrected chi connectivity index (χ1v) is 9.22. The van der Waals surface area contributed by atoms with Gasteiger partial charge in [-0.3, -0.25) is 9.59 Å². The molecule has 0 saturated carbocycles. The van der Waals surface area contributed by atoms with Gasteiger partial charge in [-0.25, -0.2) is 0 Å². The van der Waals surface area contributed by atoms with Crippen molar-refractivity contribution in [2.75, 3.05) is 0 Å². The Balaban J connectivity index is 2.03. The van der Waals surface area contributed by atoms with Crippen LogP contribution < -0.4 is 5.32 Å². The average Bonchev–Trinajstić information content (AvgIpc) is 2.65. The highest BCUT2D eigenvalue weighted by atomic mass is 35.5. The maximum atomic E-state index is 12.5. The molecule has 0 heterocycles. The van der Waals surface area contributed by atoms with Crippen molar-refractivity contribution in [1.82, 2.24) is 10.2 Å². The summed E-state index contributed by atoms with van der Waals surface area (Å²) in [6, 6.07) is 14.0. The third-order valence-electron chi connectivity index (χ3n) is 4.12. The Morgan fingerprint density at radius 1 is 0.962 bits per heavy atom. The Morgan fingerprint density at radius 3 is 1.96 bits per heavy atom. The molecule has 0 aliphatic carbocycles. The minimum atomic E-state index is -0.578. The molecule has 4 nitrogen and oxygen atoms in total. The van der Waals surface area contributed by atoms with Gasteiger partial charge in [0.15, 0.2) is 0 Å². The van der Waals surface area contributed by atoms with E-state index in [4.69, 9.17) is 23.2 Å². The third-order valence-corrected chi connectivity index (χ3v) is 4.62. The second kappa shape index (κ2) is 9.60. The highest BCUT2D eigenvalue weighted by molar-refractivity contribution is 6.30. The van der Waals surface area contributed by atoms with Crippen molar-refractivity contribution in [2.24, 2.45) is 0 Å². The number of carbonyl (C=O) groups excluding carboxylic acids is 2. The Labute approximate surface area is 164 Å². The normalized spacial score (nSPS) is 11.7. The fourth-order valence-electron chi connectivity index (χ4n) is 2.51. The number of amides is 2. The van der Waals surface area contributed by atoms with E-state index in [9.17, 15) is 9.59 Å². The zero-order valence-electron chi connectivity index (χ0n) is 14.8. The topological polar surface area (TPSA) is 49.4 Å². The summed E-state index contributed by atoms with van der Waals surface area (Å²) >= 11 is 11.8. The minimum Gasteiger partial charge on any atom is -0.350 e. The first kappa shape index (κ1) is 20.3. The van der Waals surface area contributed by atoms with Crippen molar-refractivity contribution in [2.45, 2.75) is 39.4 Å². The first-order valence-electron chi connectivity index (χ1n) is 8.46. The lowest BCUT2D eigenvalue weighted by Gasteiger charge is -2.28. The van der Waals surface area contributed by atoms with Crippen molar-refractivity contribution in [1.29, 1.82) is 0 Å². The lowest BCUT2D eigenvalue weighted by molar-refractivity contribution is -0.140. The molecule has 26 heavy (non-hydrogen) atoms. The van der Waals surface area contributed by atoms with Crippen molar-refractivity contribution >= 4 is 35.0 Å². The van der Waals surface area contributed by atoms with Gasteiger partial charge in [0, 0.05) is 29.6 Å². The lowest BCUT2D eigenvalue weighted by Crippen LogP contribution is -2.47. The van der Waals surface area contributed by atoms with Gasteiger partial charge in [-0.2, -0.15) is 0 Å². The van der Waals surface area contributed by atoms with Crippen LogP contribution in [0.3, 0.4) is 0 Å². The summed E-state index contributed by atoms with van der Waals surface area (Å²) in [5.74, 6) is -0.273. The van der Waals surface area contributed by atoms with Gasteiger partial charge < -0.3 is 10.2 Å². The Hall–Kier alpha value is -2.04. The van der Waals surface area contributed by atoms with E-state index < -0.39 is 6.04 Å². The van der Waals surface area contributed by atoms with E-state index in [0.717, 1.165) is 11.1 Å². The number of nitrogens with one attached hydrogen (secondary N) is 1. The smallest absolute Gasteiger partial charge is 0.242 e. The predicted octanol–water partition coefficient (Wildman–Crippen LogP) is 4.44. The number of hydrogen-bond acceptors (Lipinski definition) is 2. The van der Waals surface area contributed by atoms with E-state index in [1.54, 1.807) is 43.0 Å². The summed E-state index contributed by atoms with van der Waals surface area (Å²) < 4.78 is 0. The van der Waals surface area contributed by atoms with Gasteiger partial charge in [-0.15, -0.1) is 0 Å². The SMILES string of the molecule is CCC(=O)N(Cc1ccc(Cl)cc1)[C@@H](C)C(=O)NCc1ccc(Cl)cc1. The van der Waals surface area contributed by atoms with Crippen LogP contribution in [0.4, 0.5) is 0 Å². The van der Waals surface area contributed by atoms with Crippen molar-refractivity contribution in [3.63, 3.8) is 0 Å². The molecule has 138 valence electrons. The zero-order chi connectivity index (χ0) is 19.1. The lowest BCUT2D eigenvalue weighted by atomic mass is 10.1. The largest absolute Gasteiger partial charge is 0.350 e. The molecule has 0 spiro atoms. The molecule has 2 rings (SSSR count). The van der Waals surface area contributed by atoms with Crippen LogP contribution in [0.5, 0.6) is 0 Å². The molecular formula is C20H22Cl2N2O2. The molecule has 1 atom stereocenters. The van der Waals surface area contributed by atoms with Gasteiger partial charge in [0.2, 0.25) is 11.8 Å². The highest BCUT2D eigenvalue weighted by Crippen LogP contribution is 2.15. The Bertz CT molecular complexity index is 745. The molecule has 6 heteroatoms. The second-order valence-electron chi connectivity index (χ2n) is 6.02. The van der Waals surface area contributed by atoms with Gasteiger partial charge in [-0.1, -0.05) is 54.4 Å². The molecule has 0 saturated heterocycles. The molecular weight excluding hydrogens is 371 g/mol. The maximum Gasteiger partial charge on any atom is 0.242 e. The molecule has 0 aromatic heterocycles. The molecule has 0 bridgehead atoms. The first-order chi connectivity index (χ1) is 12.4. The van der Waals surface area contributed by atoms with E-state index in [2.05, 4.69) is 5.32 Å². The minimum absolute atomic E-state index is 0.0749. The molecule has 0 aliphatic heterocycles. The molecule has 2 aromatic rings. The van der Waals surface area contributed by atoms with Crippen LogP contribution in [0.1, 0.15) is 31.4 Å². The second-order valence-corrected chi connectivity index (χ2v) is 6.89. The number of hydrogen-bond donors (Lipinski definition) is 1. The van der Waals surface area contributed by atoms with Crippen LogP contribution in [-0.4, -0.2) is 22.8 Å². The van der Waals surface area contributed by atoms with E-state index in [1.165, 1.54) is 0 Å². The van der Waals surface area contributed by atoms with Crippen LogP contribution in [0, 0.1) is 0 Å². The van der Waals surface area contributed by atoms with Gasteiger partial charge >= 0.3 is 0 Å². The average molecular weight is 393 g/mol. The molecule has 2 amide bonds. The number of nitrogens with zero attached hydrogens (tertiary/aromatic N) is 1. The van der Waals surface area contributed by atoms with Crippen molar-refractivity contribution in [3.05, 3.63) is 69.7 Å². The summed E-state index contributed by atoms with van der Waals surface area (Å²) in [4.78, 5) is 26.5. The number of halogens is 2. The molecule has 0 aliphatic rings. The molecule has 2 aromatic carbocycles. The van der Waals surface area contributed by atoms with E-state index >= 15 is 0 Å². The molecule has 0 fully saturated rings. The van der Waals surface area contributed by atoms with Gasteiger partial charge in [0.1, 0.15) is 6.04 Å². The van der Waals surface area contributed by atoms with Crippen LogP contribution >= 0.6 is 23.2 Å². The molecule has 0 radical (unpaired) electrons. The number of benzene rings is 2. The number of rotatable bonds is 7. The maximum absolute atomic E-state index is 12.5. The summed E-state index contributed by atoms with van der Waals surface area (Å²) in [6.07, 6.45) is 0.336. The Morgan fingerprint density at radius 2 is 1.46 bits per heavy atom. The molecule has 1 N–H and O–H groups in total. The van der Waals surface area contributed by atoms with Gasteiger partial charge in [-0.05, 0) is 42.3 Å². The van der Waals surface area contributed by atoms with Crippen LogP contribution in [0.15, 0.2) is 48.5 Å². The van der Waals surface area contributed by atoms with Gasteiger partial charge in [0.25, 0.3) is 0 Å². The van der Waals surface area contributed by atoms with Gasteiger partial charge in [0.05, 0.1) is 0 Å². The Kier molecular flexibility index (Phi) is 7.49. The summed E-state index contributed by atoms with van der Waals surface area (Å²) in [6.45, 7) is 4.27. The van der Waals surface area contributed by atoms with Crippen LogP contribution in [0.25, 0.3) is 0 Å². The highest BCUT2D eigenvalue weighted by Gasteiger charge is 2.24. The number of carbonyl (C=O) groups is 2. The van der Waals surface area contributed by atoms with Crippen LogP contribution in [0.2, 0.25) is 10.0 Å². The fraction of sp³-hybridized carbons (Fsp3) is 0.300. The zero-order valence-corrected chi connectivity index (χ0v) is 16.3. The quantitative estimate of drug-likeness (QED) is 0.756. The third kappa shape index (κ3) is 5.75. The summed E-state index contributed by atoms with van der Waals surface area (Å²) in [5, 5.41) is 4.16. The summed E-state index contributed by atoms with van der Waals surface area (Å²) in [7, 11) is 0. The van der Waals surface area contributed by atoms with E-state index in [-0.39, 0.29) is 11.8 Å². The van der Waals surface area contributed by atoms with Crippen LogP contribution in [-0.2, 0) is 22.7 Å². The monoisotopic (exact) mass is 392 g/mol. The van der Waals surface area contributed by atoms with E-state index in [0.29, 0.717) is 29.6 Å². The van der Waals surface area contributed by atoms with Crippen molar-refractivity contribution < 1.29 is 9.59 Å². The molecule has 0 unspecified atom stereocenters. The predicted molar refractivity (Wildman–Crippen MR) is 105 cm³/mol. The van der Waals surface area contributed by atoms with Crippen molar-refractivity contribution in [3.8, 4) is 0 Å². The van der Waals surface area contributed by atoms with E-state index in [1.807, 2.05) is 24.3 Å². The summed E-state index contributed by atoms with van der Waals surface area (Å²) in [5.41, 5.74) is 1.87. The standard InChI is InChI=1S/C20H22Cl2N2O2/c1-3-19(25)24(13-16-6-10-18(22)11-7-16)14(2)20(26)23-12-15-4-8-17(21)9-5-15/h4-11,14H,3,12-13H2,1-2H3,(H,23,26)/t14-/m0/s1.